The average Bonchev–Trinajstić information content (AvgIpc) is 2.31. The molecule has 0 bridgehead atoms. The molecule has 0 aliphatic carbocycles. The highest BCUT2D eigenvalue weighted by molar-refractivity contribution is 5.81. The molecule has 0 aliphatic heterocycles. The van der Waals surface area contributed by atoms with E-state index in [1.54, 1.807) is 6.07 Å². The van der Waals surface area contributed by atoms with E-state index in [-0.39, 0.29) is 5.69 Å². The first-order valence-corrected chi connectivity index (χ1v) is 5.53. The number of nitrogens with one attached hydrogen (secondary N) is 1. The van der Waals surface area contributed by atoms with Gasteiger partial charge in [0.1, 0.15) is 0 Å². The first kappa shape index (κ1) is 11.4. The zero-order valence-electron chi connectivity index (χ0n) is 9.82. The van der Waals surface area contributed by atoms with Crippen molar-refractivity contribution in [1.82, 2.24) is 9.97 Å². The van der Waals surface area contributed by atoms with Gasteiger partial charge in [-0.15, -0.1) is 0 Å². The topological polar surface area (TPSA) is 64.2 Å². The van der Waals surface area contributed by atoms with Gasteiger partial charge >= 0.3 is 5.69 Å². The predicted octanol–water partition coefficient (Wildman–Crippen LogP) is 1.72. The lowest BCUT2D eigenvalue weighted by atomic mass is 10.2. The van der Waals surface area contributed by atoms with Crippen LogP contribution in [0.25, 0.3) is 10.9 Å². The first-order chi connectivity index (χ1) is 8.24. The highest BCUT2D eigenvalue weighted by atomic mass is 16.5. The van der Waals surface area contributed by atoms with Crippen molar-refractivity contribution >= 4 is 10.9 Å². The minimum atomic E-state index is -0.371. The van der Waals surface area contributed by atoms with Crippen LogP contribution in [0, 0.1) is 0 Å². The van der Waals surface area contributed by atoms with Crippen LogP contribution in [0.4, 0.5) is 0 Å². The van der Waals surface area contributed by atoms with Crippen molar-refractivity contribution in [3.8, 4) is 11.5 Å². The van der Waals surface area contributed by atoms with Gasteiger partial charge in [0.05, 0.1) is 18.7 Å². The van der Waals surface area contributed by atoms with Gasteiger partial charge in [-0.05, 0) is 19.9 Å². The van der Waals surface area contributed by atoms with Crippen molar-refractivity contribution in [2.24, 2.45) is 0 Å². The van der Waals surface area contributed by atoms with Gasteiger partial charge in [-0.2, -0.15) is 0 Å². The third kappa shape index (κ3) is 2.38. The Morgan fingerprint density at radius 1 is 1.18 bits per heavy atom. The Morgan fingerprint density at radius 2 is 1.82 bits per heavy atom. The van der Waals surface area contributed by atoms with Crippen LogP contribution in [0.2, 0.25) is 0 Å². The molecule has 17 heavy (non-hydrogen) atoms. The number of benzene rings is 1. The van der Waals surface area contributed by atoms with Crippen molar-refractivity contribution in [2.45, 2.75) is 13.8 Å². The molecular formula is C12H14N2O3. The van der Waals surface area contributed by atoms with Crippen LogP contribution < -0.4 is 15.2 Å². The smallest absolute Gasteiger partial charge is 0.345 e. The molecule has 1 aromatic carbocycles. The minimum absolute atomic E-state index is 0.371. The van der Waals surface area contributed by atoms with Crippen molar-refractivity contribution in [3.63, 3.8) is 0 Å². The summed E-state index contributed by atoms with van der Waals surface area (Å²) in [6.07, 6.45) is 1.52. The van der Waals surface area contributed by atoms with Crippen molar-refractivity contribution in [3.05, 3.63) is 28.8 Å². The third-order valence-electron chi connectivity index (χ3n) is 2.28. The van der Waals surface area contributed by atoms with E-state index in [0.29, 0.717) is 30.2 Å². The van der Waals surface area contributed by atoms with Crippen molar-refractivity contribution in [1.29, 1.82) is 0 Å². The lowest BCUT2D eigenvalue weighted by Crippen LogP contribution is -2.09. The van der Waals surface area contributed by atoms with Gasteiger partial charge in [-0.3, -0.25) is 0 Å². The molecule has 0 aliphatic rings. The molecule has 0 saturated heterocycles. The molecule has 0 saturated carbocycles. The molecule has 0 radical (unpaired) electrons. The van der Waals surface area contributed by atoms with Crippen LogP contribution >= 0.6 is 0 Å². The number of aromatic nitrogens is 2. The van der Waals surface area contributed by atoms with E-state index >= 15 is 0 Å². The van der Waals surface area contributed by atoms with E-state index in [1.165, 1.54) is 6.20 Å². The van der Waals surface area contributed by atoms with Gasteiger partial charge in [0.2, 0.25) is 0 Å². The van der Waals surface area contributed by atoms with E-state index in [0.717, 1.165) is 5.39 Å². The Hall–Kier alpha value is -2.04. The number of nitrogens with zero attached hydrogens (tertiary/aromatic N) is 1. The summed E-state index contributed by atoms with van der Waals surface area (Å²) in [6, 6.07) is 3.57. The zero-order chi connectivity index (χ0) is 12.3. The quantitative estimate of drug-likeness (QED) is 0.874. The summed E-state index contributed by atoms with van der Waals surface area (Å²) in [6.45, 7) is 4.91. The van der Waals surface area contributed by atoms with Gasteiger partial charge in [0.15, 0.2) is 11.5 Å². The first-order valence-electron chi connectivity index (χ1n) is 5.53. The third-order valence-corrected chi connectivity index (χ3v) is 2.28. The monoisotopic (exact) mass is 234 g/mol. The van der Waals surface area contributed by atoms with Gasteiger partial charge in [-0.1, -0.05) is 0 Å². The molecule has 1 N–H and O–H groups in total. The Labute approximate surface area is 98.4 Å². The lowest BCUT2D eigenvalue weighted by molar-refractivity contribution is 0.288. The predicted molar refractivity (Wildman–Crippen MR) is 64.7 cm³/mol. The Balaban J connectivity index is 2.58. The molecule has 5 heteroatoms. The van der Waals surface area contributed by atoms with Gasteiger partial charge in [0.25, 0.3) is 0 Å². The number of fused-ring (bicyclic) bond motifs is 1. The van der Waals surface area contributed by atoms with Crippen LogP contribution in [0.1, 0.15) is 13.8 Å². The Bertz CT molecular complexity index is 577. The highest BCUT2D eigenvalue weighted by Gasteiger charge is 2.07. The molecule has 90 valence electrons. The standard InChI is InChI=1S/C12H14N2O3/c1-3-16-10-5-8-7-13-12(15)14-9(8)6-11(10)17-4-2/h5-7H,3-4H2,1-2H3,(H,13,14,15). The summed E-state index contributed by atoms with van der Waals surface area (Å²) in [5.41, 5.74) is 0.320. The maximum atomic E-state index is 11.1. The molecular weight excluding hydrogens is 220 g/mol. The fraction of sp³-hybridized carbons (Fsp3) is 0.333. The normalized spacial score (nSPS) is 10.5. The van der Waals surface area contributed by atoms with E-state index < -0.39 is 0 Å². The second-order valence-electron chi connectivity index (χ2n) is 3.44. The van der Waals surface area contributed by atoms with Gasteiger partial charge < -0.3 is 14.5 Å². The lowest BCUT2D eigenvalue weighted by Gasteiger charge is -2.11. The van der Waals surface area contributed by atoms with Gasteiger partial charge in [-0.25, -0.2) is 9.78 Å². The number of hydrogen-bond acceptors (Lipinski definition) is 4. The average molecular weight is 234 g/mol. The SMILES string of the molecule is CCOc1cc2cnc(=O)[nH]c2cc1OCC. The molecule has 2 rings (SSSR count). The fourth-order valence-corrected chi connectivity index (χ4v) is 1.60. The van der Waals surface area contributed by atoms with Crippen molar-refractivity contribution in [2.75, 3.05) is 13.2 Å². The Kier molecular flexibility index (Phi) is 3.27. The molecule has 5 nitrogen and oxygen atoms in total. The number of ether oxygens (including phenoxy) is 2. The summed E-state index contributed by atoms with van der Waals surface area (Å²) < 4.78 is 11.0. The number of rotatable bonds is 4. The van der Waals surface area contributed by atoms with Crippen LogP contribution in [0.5, 0.6) is 11.5 Å². The number of aromatic amines is 1. The van der Waals surface area contributed by atoms with E-state index in [9.17, 15) is 4.79 Å². The Morgan fingerprint density at radius 3 is 2.47 bits per heavy atom. The largest absolute Gasteiger partial charge is 0.490 e. The number of hydrogen-bond donors (Lipinski definition) is 1. The molecule has 0 unspecified atom stereocenters. The van der Waals surface area contributed by atoms with Crippen LogP contribution in [0.3, 0.4) is 0 Å². The second-order valence-corrected chi connectivity index (χ2v) is 3.44. The van der Waals surface area contributed by atoms with E-state index in [4.69, 9.17) is 9.47 Å². The molecule has 0 atom stereocenters. The summed E-state index contributed by atoms with van der Waals surface area (Å²) in [5, 5.41) is 0.816. The summed E-state index contributed by atoms with van der Waals surface area (Å²) in [4.78, 5) is 17.5. The van der Waals surface area contributed by atoms with Crippen LogP contribution in [0.15, 0.2) is 23.1 Å². The number of H-pyrrole nitrogens is 1. The maximum absolute atomic E-state index is 11.1. The fourth-order valence-electron chi connectivity index (χ4n) is 1.60. The summed E-state index contributed by atoms with van der Waals surface area (Å²) >= 11 is 0. The van der Waals surface area contributed by atoms with Crippen LogP contribution in [-0.4, -0.2) is 23.2 Å². The zero-order valence-corrected chi connectivity index (χ0v) is 9.82. The molecule has 2 aromatic rings. The molecule has 0 spiro atoms. The highest BCUT2D eigenvalue weighted by Crippen LogP contribution is 2.31. The van der Waals surface area contributed by atoms with E-state index in [1.807, 2.05) is 19.9 Å². The molecule has 1 heterocycles. The molecule has 1 aromatic heterocycles. The van der Waals surface area contributed by atoms with Crippen LogP contribution in [-0.2, 0) is 0 Å². The molecule has 0 amide bonds. The minimum Gasteiger partial charge on any atom is -0.490 e. The maximum Gasteiger partial charge on any atom is 0.345 e. The molecule has 0 fully saturated rings. The summed E-state index contributed by atoms with van der Waals surface area (Å²) in [7, 11) is 0. The van der Waals surface area contributed by atoms with Crippen molar-refractivity contribution < 1.29 is 9.47 Å². The van der Waals surface area contributed by atoms with Gasteiger partial charge in [0, 0.05) is 17.6 Å². The second kappa shape index (κ2) is 4.86. The van der Waals surface area contributed by atoms with E-state index in [2.05, 4.69) is 9.97 Å². The summed E-state index contributed by atoms with van der Waals surface area (Å²) in [5.74, 6) is 1.29.